The molecule has 2 aromatic heterocycles. The summed E-state index contributed by atoms with van der Waals surface area (Å²) < 4.78 is 5.24. The lowest BCUT2D eigenvalue weighted by Gasteiger charge is -2.05. The highest BCUT2D eigenvalue weighted by atomic mass is 35.5. The number of halogens is 1. The molecule has 0 spiro atoms. The number of furan rings is 1. The maximum absolute atomic E-state index is 11.3. The molecule has 0 bridgehead atoms. The summed E-state index contributed by atoms with van der Waals surface area (Å²) in [6, 6.07) is 3.16. The normalized spacial score (nSPS) is 11.7. The van der Waals surface area contributed by atoms with Gasteiger partial charge in [0, 0.05) is 5.38 Å². The molecular formula is C11H14ClN3O2S. The minimum atomic E-state index is -0.502. The van der Waals surface area contributed by atoms with Crippen LogP contribution in [-0.4, -0.2) is 16.9 Å². The lowest BCUT2D eigenvalue weighted by Crippen LogP contribution is -2.37. The molecule has 3 N–H and O–H groups in total. The van der Waals surface area contributed by atoms with Gasteiger partial charge < -0.3 is 15.5 Å². The number of carbonyl (C=O) groups excluding carboxylic acids is 1. The van der Waals surface area contributed by atoms with Crippen molar-refractivity contribution in [3.63, 3.8) is 0 Å². The van der Waals surface area contributed by atoms with Gasteiger partial charge in [0.15, 0.2) is 10.8 Å². The van der Waals surface area contributed by atoms with Crippen LogP contribution in [0, 0.1) is 0 Å². The third-order valence-electron chi connectivity index (χ3n) is 2.14. The molecule has 2 rings (SSSR count). The van der Waals surface area contributed by atoms with Crippen LogP contribution in [0.5, 0.6) is 0 Å². The van der Waals surface area contributed by atoms with E-state index in [-0.39, 0.29) is 18.3 Å². The maximum atomic E-state index is 11.3. The number of hydrogen-bond donors (Lipinski definition) is 2. The Labute approximate surface area is 115 Å². The van der Waals surface area contributed by atoms with Gasteiger partial charge in [-0.15, -0.1) is 23.7 Å². The van der Waals surface area contributed by atoms with E-state index in [9.17, 15) is 4.79 Å². The van der Waals surface area contributed by atoms with Gasteiger partial charge in [0.05, 0.1) is 24.5 Å². The second-order valence-electron chi connectivity index (χ2n) is 3.63. The Morgan fingerprint density at radius 3 is 3.06 bits per heavy atom. The fourth-order valence-electron chi connectivity index (χ4n) is 1.24. The Kier molecular flexibility index (Phi) is 5.33. The van der Waals surface area contributed by atoms with Crippen molar-refractivity contribution < 1.29 is 9.21 Å². The van der Waals surface area contributed by atoms with E-state index >= 15 is 0 Å². The van der Waals surface area contributed by atoms with Crippen LogP contribution in [0.15, 0.2) is 28.2 Å². The fourth-order valence-corrected chi connectivity index (χ4v) is 2.03. The monoisotopic (exact) mass is 287 g/mol. The fraction of sp³-hybridized carbons (Fsp3) is 0.273. The van der Waals surface area contributed by atoms with Crippen molar-refractivity contribution >= 4 is 29.7 Å². The van der Waals surface area contributed by atoms with Gasteiger partial charge in [-0.1, -0.05) is 0 Å². The summed E-state index contributed by atoms with van der Waals surface area (Å²) >= 11 is 1.48. The molecule has 1 atom stereocenters. The van der Waals surface area contributed by atoms with E-state index in [1.54, 1.807) is 13.2 Å². The molecule has 0 saturated heterocycles. The Bertz CT molecular complexity index is 496. The zero-order valence-electron chi connectivity index (χ0n) is 9.75. The molecular weight excluding hydrogens is 274 g/mol. The van der Waals surface area contributed by atoms with Crippen LogP contribution < -0.4 is 11.1 Å². The van der Waals surface area contributed by atoms with Gasteiger partial charge in [-0.25, -0.2) is 4.98 Å². The number of nitrogens with zero attached hydrogens (tertiary/aromatic N) is 1. The van der Waals surface area contributed by atoms with Crippen molar-refractivity contribution in [2.24, 2.45) is 5.73 Å². The van der Waals surface area contributed by atoms with Crippen molar-refractivity contribution in [3.8, 4) is 10.8 Å². The highest BCUT2D eigenvalue weighted by Gasteiger charge is 2.09. The van der Waals surface area contributed by atoms with Gasteiger partial charge >= 0.3 is 0 Å². The van der Waals surface area contributed by atoms with Crippen molar-refractivity contribution in [2.45, 2.75) is 19.5 Å². The van der Waals surface area contributed by atoms with Crippen LogP contribution in [0.3, 0.4) is 0 Å². The number of nitrogens with two attached hydrogens (primary N) is 1. The summed E-state index contributed by atoms with van der Waals surface area (Å²) in [6.45, 7) is 2.03. The van der Waals surface area contributed by atoms with E-state index in [1.807, 2.05) is 17.5 Å². The molecule has 0 aromatic carbocycles. The van der Waals surface area contributed by atoms with E-state index in [0.717, 1.165) is 16.5 Å². The summed E-state index contributed by atoms with van der Waals surface area (Å²) in [5, 5.41) is 5.40. The smallest absolute Gasteiger partial charge is 0.236 e. The quantitative estimate of drug-likeness (QED) is 0.898. The first-order valence-electron chi connectivity index (χ1n) is 5.18. The molecule has 2 heterocycles. The standard InChI is InChI=1S/C11H13N3O2S.ClH/c1-7(12)10(15)13-5-8-6-17-11(14-8)9-3-2-4-16-9;/h2-4,6-7H,5,12H2,1H3,(H,13,15);1H/t7-;/m0./s1. The Morgan fingerprint density at radius 1 is 1.67 bits per heavy atom. The zero-order chi connectivity index (χ0) is 12.3. The van der Waals surface area contributed by atoms with E-state index < -0.39 is 6.04 Å². The zero-order valence-corrected chi connectivity index (χ0v) is 11.4. The molecule has 2 aromatic rings. The van der Waals surface area contributed by atoms with Crippen molar-refractivity contribution in [1.82, 2.24) is 10.3 Å². The van der Waals surface area contributed by atoms with Crippen LogP contribution in [0.4, 0.5) is 0 Å². The lowest BCUT2D eigenvalue weighted by atomic mass is 10.3. The number of rotatable bonds is 4. The van der Waals surface area contributed by atoms with E-state index in [0.29, 0.717) is 6.54 Å². The van der Waals surface area contributed by atoms with Gasteiger partial charge in [-0.3, -0.25) is 4.79 Å². The Hall–Kier alpha value is -1.37. The first kappa shape index (κ1) is 14.7. The topological polar surface area (TPSA) is 81.2 Å². The number of nitrogens with one attached hydrogen (secondary N) is 1. The molecule has 0 aliphatic carbocycles. The summed E-state index contributed by atoms with van der Waals surface area (Å²) in [5.74, 6) is 0.553. The van der Waals surface area contributed by atoms with E-state index in [2.05, 4.69) is 10.3 Å². The van der Waals surface area contributed by atoms with Gasteiger partial charge in [-0.2, -0.15) is 0 Å². The van der Waals surface area contributed by atoms with Crippen LogP contribution in [0.2, 0.25) is 0 Å². The predicted octanol–water partition coefficient (Wildman–Crippen LogP) is 1.79. The first-order chi connectivity index (χ1) is 8.16. The van der Waals surface area contributed by atoms with Crippen LogP contribution in [0.1, 0.15) is 12.6 Å². The molecule has 0 radical (unpaired) electrons. The minimum Gasteiger partial charge on any atom is -0.462 e. The lowest BCUT2D eigenvalue weighted by molar-refractivity contribution is -0.122. The molecule has 7 heteroatoms. The number of carbonyl (C=O) groups is 1. The third-order valence-corrected chi connectivity index (χ3v) is 3.05. The summed E-state index contributed by atoms with van der Waals surface area (Å²) in [5.41, 5.74) is 6.24. The minimum absolute atomic E-state index is 0. The molecule has 0 unspecified atom stereocenters. The Balaban J connectivity index is 0.00000162. The van der Waals surface area contributed by atoms with Crippen LogP contribution in [0.25, 0.3) is 10.8 Å². The van der Waals surface area contributed by atoms with E-state index in [4.69, 9.17) is 10.2 Å². The second-order valence-corrected chi connectivity index (χ2v) is 4.49. The van der Waals surface area contributed by atoms with Crippen molar-refractivity contribution in [1.29, 1.82) is 0 Å². The van der Waals surface area contributed by atoms with Crippen LogP contribution in [-0.2, 0) is 11.3 Å². The molecule has 1 amide bonds. The van der Waals surface area contributed by atoms with Gasteiger partial charge in [0.2, 0.25) is 5.91 Å². The van der Waals surface area contributed by atoms with Gasteiger partial charge in [0.25, 0.3) is 0 Å². The average molecular weight is 288 g/mol. The summed E-state index contributed by atoms with van der Waals surface area (Å²) in [4.78, 5) is 15.6. The van der Waals surface area contributed by atoms with E-state index in [1.165, 1.54) is 11.3 Å². The SMILES string of the molecule is C[C@H](N)C(=O)NCc1csc(-c2ccco2)n1.Cl. The highest BCUT2D eigenvalue weighted by molar-refractivity contribution is 7.13. The highest BCUT2D eigenvalue weighted by Crippen LogP contribution is 2.23. The largest absolute Gasteiger partial charge is 0.462 e. The summed E-state index contributed by atoms with van der Waals surface area (Å²) in [6.07, 6.45) is 1.61. The molecule has 98 valence electrons. The van der Waals surface area contributed by atoms with Gasteiger partial charge in [-0.05, 0) is 19.1 Å². The average Bonchev–Trinajstić information content (AvgIpc) is 2.95. The first-order valence-corrected chi connectivity index (χ1v) is 6.06. The Morgan fingerprint density at radius 2 is 2.44 bits per heavy atom. The van der Waals surface area contributed by atoms with Crippen LogP contribution >= 0.6 is 23.7 Å². The third kappa shape index (κ3) is 3.56. The maximum Gasteiger partial charge on any atom is 0.236 e. The molecule has 0 fully saturated rings. The molecule has 18 heavy (non-hydrogen) atoms. The number of aromatic nitrogens is 1. The summed E-state index contributed by atoms with van der Waals surface area (Å²) in [7, 11) is 0. The number of amides is 1. The molecule has 0 aliphatic rings. The number of hydrogen-bond acceptors (Lipinski definition) is 5. The second kappa shape index (κ2) is 6.53. The molecule has 0 saturated carbocycles. The molecule has 5 nitrogen and oxygen atoms in total. The number of thiazole rings is 1. The van der Waals surface area contributed by atoms with Gasteiger partial charge in [0.1, 0.15) is 0 Å². The molecule has 0 aliphatic heterocycles. The van der Waals surface area contributed by atoms with Crippen molar-refractivity contribution in [2.75, 3.05) is 0 Å². The predicted molar refractivity (Wildman–Crippen MR) is 72.6 cm³/mol. The van der Waals surface area contributed by atoms with Crippen molar-refractivity contribution in [3.05, 3.63) is 29.5 Å².